The standard InChI is InChI=1S/C41H43NO10/c43-38(49-27-31-13-5-1-6-14-31)23-21-35(40(45)51-29-33-17-9-3-10-18-33)25-37(42(47)48)26-36(41(46)52-30-34-19-11-4-12-20-34)22-24-39(44)50-28-32-15-7-2-8-16-32/h1-20,35-37H,21-30H2. The molecule has 4 aromatic rings. The lowest BCUT2D eigenvalue weighted by Gasteiger charge is -2.21. The van der Waals surface area contributed by atoms with E-state index < -0.39 is 46.7 Å². The third kappa shape index (κ3) is 14.2. The van der Waals surface area contributed by atoms with Crippen LogP contribution < -0.4 is 0 Å². The van der Waals surface area contributed by atoms with E-state index in [4.69, 9.17) is 18.9 Å². The van der Waals surface area contributed by atoms with Gasteiger partial charge in [-0.05, 0) is 35.1 Å². The minimum absolute atomic E-state index is 0.0425. The average Bonchev–Trinajstić information content (AvgIpc) is 3.18. The number of nitrogens with zero attached hydrogens (tertiary/aromatic N) is 1. The van der Waals surface area contributed by atoms with Gasteiger partial charge in [-0.25, -0.2) is 0 Å². The summed E-state index contributed by atoms with van der Waals surface area (Å²) in [7, 11) is 0. The highest BCUT2D eigenvalue weighted by molar-refractivity contribution is 5.75. The van der Waals surface area contributed by atoms with Gasteiger partial charge < -0.3 is 18.9 Å². The smallest absolute Gasteiger partial charge is 0.309 e. The topological polar surface area (TPSA) is 148 Å². The number of carbonyl (C=O) groups excluding carboxylic acids is 4. The number of hydrogen-bond acceptors (Lipinski definition) is 10. The van der Waals surface area contributed by atoms with Crippen LogP contribution in [0.4, 0.5) is 0 Å². The molecule has 0 saturated carbocycles. The second kappa shape index (κ2) is 21.4. The lowest BCUT2D eigenvalue weighted by molar-refractivity contribution is -0.526. The van der Waals surface area contributed by atoms with Gasteiger partial charge in [0, 0.05) is 30.6 Å². The fourth-order valence-corrected chi connectivity index (χ4v) is 5.49. The van der Waals surface area contributed by atoms with Crippen molar-refractivity contribution < 1.29 is 43.0 Å². The van der Waals surface area contributed by atoms with Crippen LogP contribution in [-0.4, -0.2) is 34.8 Å². The molecule has 2 atom stereocenters. The van der Waals surface area contributed by atoms with E-state index in [0.717, 1.165) is 22.3 Å². The van der Waals surface area contributed by atoms with Crippen molar-refractivity contribution in [3.63, 3.8) is 0 Å². The molecule has 2 unspecified atom stereocenters. The summed E-state index contributed by atoms with van der Waals surface area (Å²) < 4.78 is 21.8. The molecule has 0 heterocycles. The van der Waals surface area contributed by atoms with Crippen LogP contribution in [0.3, 0.4) is 0 Å². The molecule has 0 aromatic heterocycles. The molecule has 52 heavy (non-hydrogen) atoms. The number of carbonyl (C=O) groups is 4. The minimum atomic E-state index is -1.40. The Bertz CT molecular complexity index is 1580. The second-order valence-corrected chi connectivity index (χ2v) is 12.4. The van der Waals surface area contributed by atoms with Gasteiger partial charge in [0.2, 0.25) is 6.04 Å². The molecular formula is C41H43NO10. The first-order chi connectivity index (χ1) is 25.3. The number of hydrogen-bond donors (Lipinski definition) is 0. The zero-order valence-corrected chi connectivity index (χ0v) is 28.9. The van der Waals surface area contributed by atoms with Crippen LogP contribution in [0.1, 0.15) is 60.8 Å². The first kappa shape index (κ1) is 39.0. The Balaban J connectivity index is 1.44. The molecular weight excluding hydrogens is 666 g/mol. The number of ether oxygens (including phenoxy) is 4. The largest absolute Gasteiger partial charge is 0.461 e. The van der Waals surface area contributed by atoms with Crippen LogP contribution in [0.2, 0.25) is 0 Å². The van der Waals surface area contributed by atoms with E-state index in [2.05, 4.69) is 0 Å². The minimum Gasteiger partial charge on any atom is -0.461 e. The van der Waals surface area contributed by atoms with Crippen LogP contribution in [-0.2, 0) is 64.6 Å². The molecule has 0 aliphatic carbocycles. The molecule has 4 aromatic carbocycles. The zero-order chi connectivity index (χ0) is 37.0. The van der Waals surface area contributed by atoms with Gasteiger partial charge in [-0.15, -0.1) is 0 Å². The molecule has 0 saturated heterocycles. The van der Waals surface area contributed by atoms with E-state index in [9.17, 15) is 29.3 Å². The molecule has 11 nitrogen and oxygen atoms in total. The van der Waals surface area contributed by atoms with Crippen molar-refractivity contribution in [3.05, 3.63) is 154 Å². The molecule has 0 aliphatic heterocycles. The van der Waals surface area contributed by atoms with Gasteiger partial charge in [0.25, 0.3) is 0 Å². The molecule has 0 fully saturated rings. The summed E-state index contributed by atoms with van der Waals surface area (Å²) in [5.41, 5.74) is 3.03. The number of benzene rings is 4. The van der Waals surface area contributed by atoms with Crippen LogP contribution in [0.25, 0.3) is 0 Å². The first-order valence-electron chi connectivity index (χ1n) is 17.2. The number of nitro groups is 1. The molecule has 272 valence electrons. The molecule has 0 bridgehead atoms. The summed E-state index contributed by atoms with van der Waals surface area (Å²) in [5.74, 6) is -4.67. The van der Waals surface area contributed by atoms with Gasteiger partial charge in [-0.3, -0.25) is 29.3 Å². The Morgan fingerprint density at radius 3 is 1.06 bits per heavy atom. The number of rotatable bonds is 21. The quantitative estimate of drug-likeness (QED) is 0.0377. The molecule has 0 radical (unpaired) electrons. The van der Waals surface area contributed by atoms with Crippen molar-refractivity contribution in [2.24, 2.45) is 11.8 Å². The molecule has 11 heteroatoms. The Hall–Kier alpha value is -5.84. The van der Waals surface area contributed by atoms with Gasteiger partial charge in [0.15, 0.2) is 0 Å². The van der Waals surface area contributed by atoms with Gasteiger partial charge in [0.05, 0.1) is 11.8 Å². The van der Waals surface area contributed by atoms with E-state index in [1.165, 1.54) is 0 Å². The number of esters is 4. The first-order valence-corrected chi connectivity index (χ1v) is 17.2. The van der Waals surface area contributed by atoms with E-state index in [0.29, 0.717) is 0 Å². The Morgan fingerprint density at radius 2 is 0.769 bits per heavy atom. The van der Waals surface area contributed by atoms with Gasteiger partial charge in [-0.2, -0.15) is 0 Å². The van der Waals surface area contributed by atoms with Crippen molar-refractivity contribution in [1.29, 1.82) is 0 Å². The van der Waals surface area contributed by atoms with E-state index in [1.807, 2.05) is 72.8 Å². The van der Waals surface area contributed by atoms with Gasteiger partial charge in [-0.1, -0.05) is 121 Å². The summed E-state index contributed by atoms with van der Waals surface area (Å²) in [4.78, 5) is 64.1. The SMILES string of the molecule is O=C(CCC(CC(CC(CCC(=O)OCc1ccccc1)C(=O)OCc1ccccc1)[N+](=O)[O-])C(=O)OCc1ccccc1)OCc1ccccc1. The Kier molecular flexibility index (Phi) is 16.0. The fraction of sp³-hybridized carbons (Fsp3) is 0.317. The van der Waals surface area contributed by atoms with Crippen molar-refractivity contribution in [2.75, 3.05) is 0 Å². The van der Waals surface area contributed by atoms with Crippen molar-refractivity contribution in [3.8, 4) is 0 Å². The lowest BCUT2D eigenvalue weighted by Crippen LogP contribution is -2.33. The van der Waals surface area contributed by atoms with E-state index in [-0.39, 0.29) is 65.0 Å². The van der Waals surface area contributed by atoms with Crippen molar-refractivity contribution >= 4 is 23.9 Å². The normalized spacial score (nSPS) is 12.5. The monoisotopic (exact) mass is 709 g/mol. The van der Waals surface area contributed by atoms with E-state index >= 15 is 0 Å². The highest BCUT2D eigenvalue weighted by Gasteiger charge is 2.36. The summed E-state index contributed by atoms with van der Waals surface area (Å²) in [5, 5.41) is 12.5. The molecule has 4 rings (SSSR count). The second-order valence-electron chi connectivity index (χ2n) is 12.4. The maximum Gasteiger partial charge on any atom is 0.309 e. The predicted molar refractivity (Wildman–Crippen MR) is 190 cm³/mol. The lowest BCUT2D eigenvalue weighted by atomic mass is 9.88. The van der Waals surface area contributed by atoms with Crippen LogP contribution in [0, 0.1) is 22.0 Å². The highest BCUT2D eigenvalue weighted by Crippen LogP contribution is 2.26. The molecule has 0 amide bonds. The third-order valence-electron chi connectivity index (χ3n) is 8.40. The molecule has 0 N–H and O–H groups in total. The van der Waals surface area contributed by atoms with Crippen molar-refractivity contribution in [2.45, 2.75) is 71.0 Å². The van der Waals surface area contributed by atoms with E-state index in [1.54, 1.807) is 48.5 Å². The molecule has 0 spiro atoms. The highest BCUT2D eigenvalue weighted by atomic mass is 16.6. The summed E-state index contributed by atoms with van der Waals surface area (Å²) in [6, 6.07) is 34.7. The summed E-state index contributed by atoms with van der Waals surface area (Å²) >= 11 is 0. The molecule has 0 aliphatic rings. The predicted octanol–water partition coefficient (Wildman–Crippen LogP) is 7.18. The van der Waals surface area contributed by atoms with Gasteiger partial charge >= 0.3 is 23.9 Å². The maximum absolute atomic E-state index is 13.4. The summed E-state index contributed by atoms with van der Waals surface area (Å²) in [6.45, 7) is -0.0314. The average molecular weight is 710 g/mol. The van der Waals surface area contributed by atoms with Crippen LogP contribution in [0.5, 0.6) is 0 Å². The Morgan fingerprint density at radius 1 is 0.481 bits per heavy atom. The third-order valence-corrected chi connectivity index (χ3v) is 8.40. The maximum atomic E-state index is 13.4. The fourth-order valence-electron chi connectivity index (χ4n) is 5.49. The summed E-state index contributed by atoms with van der Waals surface area (Å²) in [6.07, 6.45) is -1.13. The van der Waals surface area contributed by atoms with Gasteiger partial charge in [0.1, 0.15) is 26.4 Å². The zero-order valence-electron chi connectivity index (χ0n) is 28.9. The van der Waals surface area contributed by atoms with Crippen LogP contribution >= 0.6 is 0 Å². The van der Waals surface area contributed by atoms with Crippen LogP contribution in [0.15, 0.2) is 121 Å². The Labute approximate surface area is 303 Å². The van der Waals surface area contributed by atoms with Crippen molar-refractivity contribution in [1.82, 2.24) is 0 Å².